The maximum Gasteiger partial charge on any atom is 0.257 e. The fourth-order valence-corrected chi connectivity index (χ4v) is 5.63. The monoisotopic (exact) mass is 552 g/mol. The van der Waals surface area contributed by atoms with Crippen LogP contribution in [-0.2, 0) is 22.6 Å². The molecule has 2 N–H and O–H groups in total. The number of halogens is 1. The van der Waals surface area contributed by atoms with Gasteiger partial charge < -0.3 is 25.0 Å². The van der Waals surface area contributed by atoms with Gasteiger partial charge in [0.15, 0.2) is 11.5 Å². The van der Waals surface area contributed by atoms with Crippen LogP contribution in [0, 0.1) is 11.7 Å². The Morgan fingerprint density at radius 3 is 2.77 bits per heavy atom. The molecule has 2 bridgehead atoms. The van der Waals surface area contributed by atoms with Gasteiger partial charge in [-0.1, -0.05) is 32.0 Å². The van der Waals surface area contributed by atoms with Crippen molar-refractivity contribution < 1.29 is 28.2 Å². The summed E-state index contributed by atoms with van der Waals surface area (Å²) in [6, 6.07) is 9.28. The van der Waals surface area contributed by atoms with E-state index < -0.39 is 17.8 Å². The smallest absolute Gasteiger partial charge is 0.257 e. The topological polar surface area (TPSA) is 100 Å². The zero-order valence-corrected chi connectivity index (χ0v) is 23.1. The summed E-state index contributed by atoms with van der Waals surface area (Å²) in [6.07, 6.45) is 2.41. The first kappa shape index (κ1) is 27.9. The van der Waals surface area contributed by atoms with Crippen LogP contribution in [0.1, 0.15) is 54.6 Å². The molecule has 3 heterocycles. The first-order valence-corrected chi connectivity index (χ1v) is 14.1. The first-order valence-electron chi connectivity index (χ1n) is 14.1. The molecule has 214 valence electrons. The lowest BCUT2D eigenvalue weighted by molar-refractivity contribution is -0.126. The van der Waals surface area contributed by atoms with E-state index in [1.165, 1.54) is 11.0 Å². The molecule has 0 radical (unpaired) electrons. The lowest BCUT2D eigenvalue weighted by atomic mass is 10.0. The summed E-state index contributed by atoms with van der Waals surface area (Å²) in [5.74, 6) is -0.0388. The van der Waals surface area contributed by atoms with E-state index in [9.17, 15) is 18.8 Å². The second-order valence-corrected chi connectivity index (χ2v) is 11.1. The molecule has 3 aliphatic rings. The number of nitrogens with one attached hydrogen (secondary N) is 2. The molecular formula is C30H37FN4O5. The third-order valence-corrected chi connectivity index (χ3v) is 7.87. The lowest BCUT2D eigenvalue weighted by Crippen LogP contribution is -2.53. The van der Waals surface area contributed by atoms with Gasteiger partial charge in [-0.15, -0.1) is 0 Å². The molecule has 0 spiro atoms. The number of aryl methyl sites for hydroxylation is 1. The molecule has 1 saturated heterocycles. The van der Waals surface area contributed by atoms with Gasteiger partial charge in [0.2, 0.25) is 18.6 Å². The lowest BCUT2D eigenvalue weighted by Gasteiger charge is -2.32. The summed E-state index contributed by atoms with van der Waals surface area (Å²) in [5, 5.41) is 6.14. The van der Waals surface area contributed by atoms with E-state index in [1.54, 1.807) is 12.1 Å². The summed E-state index contributed by atoms with van der Waals surface area (Å²) < 4.78 is 26.0. The van der Waals surface area contributed by atoms with Gasteiger partial charge >= 0.3 is 0 Å². The van der Waals surface area contributed by atoms with Crippen molar-refractivity contribution in [3.63, 3.8) is 0 Å². The number of hydrogen-bond acceptors (Lipinski definition) is 6. The Bertz CT molecular complexity index is 1270. The summed E-state index contributed by atoms with van der Waals surface area (Å²) in [6.45, 7) is 6.01. The Hall–Kier alpha value is -3.66. The number of carbonyl (C=O) groups is 3. The number of nitrogens with zero attached hydrogens (tertiary/aromatic N) is 2. The van der Waals surface area contributed by atoms with Gasteiger partial charge in [0, 0.05) is 37.8 Å². The van der Waals surface area contributed by atoms with E-state index in [0.29, 0.717) is 63.4 Å². The van der Waals surface area contributed by atoms with Gasteiger partial charge in [-0.3, -0.25) is 19.3 Å². The van der Waals surface area contributed by atoms with Crippen molar-refractivity contribution in [2.24, 2.45) is 5.92 Å². The number of rotatable bonds is 3. The number of ether oxygens (including phenoxy) is 2. The summed E-state index contributed by atoms with van der Waals surface area (Å²) >= 11 is 0. The van der Waals surface area contributed by atoms with Gasteiger partial charge in [0.25, 0.3) is 5.91 Å². The second-order valence-electron chi connectivity index (χ2n) is 11.1. The number of para-hydroxylation sites is 1. The van der Waals surface area contributed by atoms with Crippen LogP contribution in [0.15, 0.2) is 36.4 Å². The van der Waals surface area contributed by atoms with Gasteiger partial charge in [0.05, 0.1) is 12.1 Å². The molecule has 0 aliphatic carbocycles. The van der Waals surface area contributed by atoms with Crippen molar-refractivity contribution in [3.8, 4) is 11.5 Å². The third-order valence-electron chi connectivity index (χ3n) is 7.87. The van der Waals surface area contributed by atoms with Crippen LogP contribution in [0.4, 0.5) is 4.39 Å². The molecule has 9 nitrogen and oxygen atoms in total. The van der Waals surface area contributed by atoms with Crippen LogP contribution < -0.4 is 20.1 Å². The Balaban J connectivity index is 1.42. The van der Waals surface area contributed by atoms with Crippen LogP contribution in [-0.4, -0.2) is 72.6 Å². The van der Waals surface area contributed by atoms with Crippen LogP contribution in [0.2, 0.25) is 0 Å². The molecule has 0 unspecified atom stereocenters. The number of amides is 3. The number of fused-ring (bicyclic) bond motifs is 4. The van der Waals surface area contributed by atoms with Crippen LogP contribution in [0.5, 0.6) is 11.5 Å². The number of carbonyl (C=O) groups excluding carboxylic acids is 3. The minimum Gasteiger partial charge on any atom is -0.454 e. The average molecular weight is 553 g/mol. The molecule has 10 heteroatoms. The third kappa shape index (κ3) is 6.22. The SMILES string of the molecule is CC(C)[C@@H]1CN(Cc2cccc3c2OCO3)CC(=O)NCCCc2ccc(F)c(c2)C(=O)N2CCC[C@H]2C(=O)N1. The average Bonchev–Trinajstić information content (AvgIpc) is 3.61. The Morgan fingerprint density at radius 2 is 1.95 bits per heavy atom. The minimum atomic E-state index is -0.674. The van der Waals surface area contributed by atoms with Crippen molar-refractivity contribution in [2.75, 3.05) is 33.0 Å². The largest absolute Gasteiger partial charge is 0.454 e. The summed E-state index contributed by atoms with van der Waals surface area (Å²) in [4.78, 5) is 43.5. The summed E-state index contributed by atoms with van der Waals surface area (Å²) in [5.41, 5.74) is 1.69. The van der Waals surface area contributed by atoms with E-state index in [2.05, 4.69) is 10.6 Å². The summed E-state index contributed by atoms with van der Waals surface area (Å²) in [7, 11) is 0. The molecule has 2 aromatic carbocycles. The van der Waals surface area contributed by atoms with E-state index in [4.69, 9.17) is 9.47 Å². The number of benzene rings is 2. The molecule has 2 atom stereocenters. The standard InChI is InChI=1S/C30H37FN4O5/c1-19(2)24-16-34(15-21-7-3-9-26-28(21)40-18-39-26)17-27(36)32-12-4-6-20-10-11-23(31)22(14-20)30(38)35-13-5-8-25(35)29(37)33-24/h3,7,9-11,14,19,24-25H,4-6,8,12-13,15-18H2,1-2H3,(H,32,36)(H,33,37)/t24-,25-/m0/s1. The highest BCUT2D eigenvalue weighted by Gasteiger charge is 2.37. The van der Waals surface area contributed by atoms with Crippen molar-refractivity contribution >= 4 is 17.7 Å². The van der Waals surface area contributed by atoms with Gasteiger partial charge in [0.1, 0.15) is 11.9 Å². The fourth-order valence-electron chi connectivity index (χ4n) is 5.63. The van der Waals surface area contributed by atoms with Crippen LogP contribution in [0.25, 0.3) is 0 Å². The second kappa shape index (κ2) is 12.2. The molecule has 2 aromatic rings. The highest BCUT2D eigenvalue weighted by Crippen LogP contribution is 2.36. The normalized spacial score (nSPS) is 22.6. The molecule has 40 heavy (non-hydrogen) atoms. The Morgan fingerprint density at radius 1 is 1.10 bits per heavy atom. The molecular weight excluding hydrogens is 515 g/mol. The van der Waals surface area contributed by atoms with Gasteiger partial charge in [-0.2, -0.15) is 0 Å². The molecule has 5 rings (SSSR count). The maximum atomic E-state index is 14.8. The van der Waals surface area contributed by atoms with Crippen molar-refractivity contribution in [3.05, 3.63) is 58.9 Å². The van der Waals surface area contributed by atoms with Crippen LogP contribution in [0.3, 0.4) is 0 Å². The molecule has 3 aliphatic heterocycles. The molecule has 3 amide bonds. The maximum absolute atomic E-state index is 14.8. The Labute approximate surface area is 234 Å². The van der Waals surface area contributed by atoms with E-state index >= 15 is 0 Å². The highest BCUT2D eigenvalue weighted by molar-refractivity contribution is 5.98. The van der Waals surface area contributed by atoms with E-state index in [1.807, 2.05) is 36.9 Å². The quantitative estimate of drug-likeness (QED) is 0.608. The molecule has 1 fully saturated rings. The van der Waals surface area contributed by atoms with Crippen molar-refractivity contribution in [1.82, 2.24) is 20.4 Å². The molecule has 0 aromatic heterocycles. The van der Waals surface area contributed by atoms with Crippen molar-refractivity contribution in [2.45, 2.75) is 58.2 Å². The molecule has 0 saturated carbocycles. The highest BCUT2D eigenvalue weighted by atomic mass is 19.1. The van der Waals surface area contributed by atoms with E-state index in [0.717, 1.165) is 11.1 Å². The zero-order valence-electron chi connectivity index (χ0n) is 23.1. The zero-order chi connectivity index (χ0) is 28.2. The predicted octanol–water partition coefficient (Wildman–Crippen LogP) is 2.86. The minimum absolute atomic E-state index is 0.0151. The number of hydrogen-bond donors (Lipinski definition) is 2. The van der Waals surface area contributed by atoms with E-state index in [-0.39, 0.29) is 42.7 Å². The van der Waals surface area contributed by atoms with Gasteiger partial charge in [-0.05, 0) is 55.4 Å². The predicted molar refractivity (Wildman–Crippen MR) is 146 cm³/mol. The van der Waals surface area contributed by atoms with Crippen molar-refractivity contribution in [1.29, 1.82) is 0 Å². The first-order chi connectivity index (χ1) is 19.3. The Kier molecular flexibility index (Phi) is 8.54. The fraction of sp³-hybridized carbons (Fsp3) is 0.500. The van der Waals surface area contributed by atoms with Crippen LogP contribution >= 0.6 is 0 Å². The van der Waals surface area contributed by atoms with Gasteiger partial charge in [-0.25, -0.2) is 4.39 Å².